The molecule has 0 amide bonds. The summed E-state index contributed by atoms with van der Waals surface area (Å²) >= 11 is 0. The average Bonchev–Trinajstić information content (AvgIpc) is 3.67. The van der Waals surface area contributed by atoms with Crippen LogP contribution in [0.3, 0.4) is 0 Å². The van der Waals surface area contributed by atoms with Gasteiger partial charge in [-0.2, -0.15) is 0 Å². The zero-order chi connectivity index (χ0) is 35.5. The lowest BCUT2D eigenvalue weighted by Gasteiger charge is -2.26. The largest absolute Gasteiger partial charge is 0.310 e. The summed E-state index contributed by atoms with van der Waals surface area (Å²) in [6, 6.07) is 70.7. The van der Waals surface area contributed by atoms with Crippen LogP contribution in [-0.2, 0) is 5.41 Å². The third-order valence-electron chi connectivity index (χ3n) is 11.2. The molecule has 9 aromatic rings. The second-order valence-corrected chi connectivity index (χ2v) is 14.6. The van der Waals surface area contributed by atoms with Crippen molar-refractivity contribution < 1.29 is 0 Å². The first-order valence-corrected chi connectivity index (χ1v) is 18.4. The lowest BCUT2D eigenvalue weighted by molar-refractivity contribution is 0.660. The van der Waals surface area contributed by atoms with Gasteiger partial charge in [-0.3, -0.25) is 0 Å². The third-order valence-corrected chi connectivity index (χ3v) is 11.2. The summed E-state index contributed by atoms with van der Waals surface area (Å²) in [6.07, 6.45) is 0. The Labute approximate surface area is 310 Å². The fourth-order valence-electron chi connectivity index (χ4n) is 8.59. The molecule has 0 unspecified atom stereocenters. The number of hydrogen-bond acceptors (Lipinski definition) is 1. The van der Waals surface area contributed by atoms with Crippen LogP contribution in [0.1, 0.15) is 25.0 Å². The summed E-state index contributed by atoms with van der Waals surface area (Å²) in [5.41, 5.74) is 17.1. The monoisotopic (exact) mass is 678 g/mol. The topological polar surface area (TPSA) is 8.17 Å². The van der Waals surface area contributed by atoms with Gasteiger partial charge in [-0.15, -0.1) is 0 Å². The predicted octanol–water partition coefficient (Wildman–Crippen LogP) is 13.9. The predicted molar refractivity (Wildman–Crippen MR) is 224 cm³/mol. The van der Waals surface area contributed by atoms with E-state index in [1.54, 1.807) is 0 Å². The van der Waals surface area contributed by atoms with Gasteiger partial charge >= 0.3 is 0 Å². The molecule has 0 N–H and O–H groups in total. The van der Waals surface area contributed by atoms with Crippen LogP contribution in [0, 0.1) is 0 Å². The van der Waals surface area contributed by atoms with E-state index in [4.69, 9.17) is 0 Å². The molecule has 0 bridgehead atoms. The van der Waals surface area contributed by atoms with Crippen molar-refractivity contribution in [1.29, 1.82) is 0 Å². The highest BCUT2D eigenvalue weighted by atomic mass is 15.1. The number of fused-ring (bicyclic) bond motifs is 6. The van der Waals surface area contributed by atoms with Gasteiger partial charge in [0.05, 0.1) is 16.7 Å². The summed E-state index contributed by atoms with van der Waals surface area (Å²) in [4.78, 5) is 2.39. The highest BCUT2D eigenvalue weighted by molar-refractivity contribution is 6.11. The molecule has 8 aromatic carbocycles. The minimum atomic E-state index is -0.0829. The molecule has 1 aliphatic rings. The number of nitrogens with zero attached hydrogens (tertiary/aromatic N) is 2. The SMILES string of the molecule is CC1(C)c2ccccc2-c2c(-n3c4ccccc4c4ccc(N(c5ccc(-c6ccccc6)cc5)c5ccc(-c6ccccc6)cc5)cc43)cccc21. The van der Waals surface area contributed by atoms with Crippen molar-refractivity contribution in [3.8, 4) is 39.1 Å². The lowest BCUT2D eigenvalue weighted by Crippen LogP contribution is -2.15. The number of hydrogen-bond donors (Lipinski definition) is 0. The maximum absolute atomic E-state index is 2.50. The van der Waals surface area contributed by atoms with Crippen LogP contribution in [0.2, 0.25) is 0 Å². The van der Waals surface area contributed by atoms with Gasteiger partial charge in [0.15, 0.2) is 0 Å². The van der Waals surface area contributed by atoms with Gasteiger partial charge in [0.2, 0.25) is 0 Å². The summed E-state index contributed by atoms with van der Waals surface area (Å²) in [5.74, 6) is 0. The Morgan fingerprint density at radius 1 is 0.396 bits per heavy atom. The van der Waals surface area contributed by atoms with E-state index in [9.17, 15) is 0 Å². The zero-order valence-electron chi connectivity index (χ0n) is 29.9. The van der Waals surface area contributed by atoms with Crippen molar-refractivity contribution in [2.45, 2.75) is 19.3 Å². The normalized spacial score (nSPS) is 12.9. The maximum Gasteiger partial charge on any atom is 0.0562 e. The van der Waals surface area contributed by atoms with E-state index in [0.717, 1.165) is 17.1 Å². The smallest absolute Gasteiger partial charge is 0.0562 e. The maximum atomic E-state index is 2.50. The Hall–Kier alpha value is -6.64. The molecule has 1 heterocycles. The molecule has 1 aromatic heterocycles. The van der Waals surface area contributed by atoms with Crippen molar-refractivity contribution >= 4 is 38.9 Å². The van der Waals surface area contributed by atoms with E-state index >= 15 is 0 Å². The summed E-state index contributed by atoms with van der Waals surface area (Å²) in [7, 11) is 0. The van der Waals surface area contributed by atoms with Crippen LogP contribution in [0.25, 0.3) is 60.9 Å². The van der Waals surface area contributed by atoms with Gasteiger partial charge in [0.1, 0.15) is 0 Å². The molecular formula is C51H38N2. The second kappa shape index (κ2) is 12.3. The Bertz CT molecular complexity index is 2690. The van der Waals surface area contributed by atoms with Crippen molar-refractivity contribution in [1.82, 2.24) is 4.57 Å². The van der Waals surface area contributed by atoms with Gasteiger partial charge < -0.3 is 9.47 Å². The molecule has 0 saturated carbocycles. The molecule has 53 heavy (non-hydrogen) atoms. The van der Waals surface area contributed by atoms with Gasteiger partial charge in [0.25, 0.3) is 0 Å². The Kier molecular flexibility index (Phi) is 7.19. The molecule has 10 rings (SSSR count). The fraction of sp³-hybridized carbons (Fsp3) is 0.0588. The number of aromatic nitrogens is 1. The molecule has 0 atom stereocenters. The van der Waals surface area contributed by atoms with Crippen molar-refractivity contribution in [3.05, 3.63) is 205 Å². The average molecular weight is 679 g/mol. The zero-order valence-corrected chi connectivity index (χ0v) is 29.9. The first-order valence-electron chi connectivity index (χ1n) is 18.4. The molecule has 0 aliphatic heterocycles. The van der Waals surface area contributed by atoms with E-state index in [1.165, 1.54) is 72.0 Å². The Morgan fingerprint density at radius 3 is 1.57 bits per heavy atom. The number of benzene rings is 8. The summed E-state index contributed by atoms with van der Waals surface area (Å²) in [6.45, 7) is 4.71. The highest BCUT2D eigenvalue weighted by Gasteiger charge is 2.37. The van der Waals surface area contributed by atoms with Gasteiger partial charge in [0, 0.05) is 38.8 Å². The van der Waals surface area contributed by atoms with Crippen LogP contribution in [0.4, 0.5) is 17.1 Å². The first kappa shape index (κ1) is 31.1. The van der Waals surface area contributed by atoms with E-state index < -0.39 is 0 Å². The molecule has 2 nitrogen and oxygen atoms in total. The second-order valence-electron chi connectivity index (χ2n) is 14.6. The molecule has 0 spiro atoms. The van der Waals surface area contributed by atoms with Gasteiger partial charge in [-0.05, 0) is 87.5 Å². The minimum absolute atomic E-state index is 0.0829. The molecule has 0 radical (unpaired) electrons. The van der Waals surface area contributed by atoms with Crippen LogP contribution in [0.15, 0.2) is 194 Å². The summed E-state index contributed by atoms with van der Waals surface area (Å²) in [5, 5.41) is 2.49. The van der Waals surface area contributed by atoms with Crippen LogP contribution >= 0.6 is 0 Å². The standard InChI is InChI=1S/C51H38N2/c1-51(2)45-20-11-9-19-44(45)50-46(51)21-13-23-48(50)53-47-22-12-10-18-42(47)43-33-32-41(34-49(43)53)52(39-28-24-37(25-29-39)35-14-5-3-6-15-35)40-30-26-38(27-31-40)36-16-7-4-8-17-36/h3-34H,1-2H3. The van der Waals surface area contributed by atoms with Gasteiger partial charge in [-0.1, -0.05) is 159 Å². The summed E-state index contributed by atoms with van der Waals surface area (Å²) < 4.78 is 2.50. The van der Waals surface area contributed by atoms with Gasteiger partial charge in [-0.25, -0.2) is 0 Å². The fourth-order valence-corrected chi connectivity index (χ4v) is 8.59. The molecule has 2 heteroatoms. The third kappa shape index (κ3) is 5.02. The van der Waals surface area contributed by atoms with Crippen molar-refractivity contribution in [3.63, 3.8) is 0 Å². The molecule has 0 fully saturated rings. The Balaban J connectivity index is 1.19. The van der Waals surface area contributed by atoms with E-state index in [-0.39, 0.29) is 5.41 Å². The molecule has 252 valence electrons. The first-order chi connectivity index (χ1) is 26.1. The van der Waals surface area contributed by atoms with E-state index in [0.29, 0.717) is 0 Å². The minimum Gasteiger partial charge on any atom is -0.310 e. The quantitative estimate of drug-likeness (QED) is 0.170. The van der Waals surface area contributed by atoms with Crippen LogP contribution in [-0.4, -0.2) is 4.57 Å². The lowest BCUT2D eigenvalue weighted by atomic mass is 9.82. The van der Waals surface area contributed by atoms with Crippen molar-refractivity contribution in [2.75, 3.05) is 4.90 Å². The van der Waals surface area contributed by atoms with Crippen LogP contribution < -0.4 is 4.90 Å². The molecule has 1 aliphatic carbocycles. The molecule has 0 saturated heterocycles. The number of rotatable bonds is 6. The highest BCUT2D eigenvalue weighted by Crippen LogP contribution is 2.52. The molecular weight excluding hydrogens is 641 g/mol. The number of anilines is 3. The van der Waals surface area contributed by atoms with E-state index in [2.05, 4.69) is 217 Å². The Morgan fingerprint density at radius 2 is 0.906 bits per heavy atom. The van der Waals surface area contributed by atoms with Crippen molar-refractivity contribution in [2.24, 2.45) is 0 Å². The van der Waals surface area contributed by atoms with Crippen LogP contribution in [0.5, 0.6) is 0 Å². The number of para-hydroxylation sites is 1. The van der Waals surface area contributed by atoms with E-state index in [1.807, 2.05) is 0 Å².